The van der Waals surface area contributed by atoms with Gasteiger partial charge in [0.1, 0.15) is 31.0 Å². The summed E-state index contributed by atoms with van der Waals surface area (Å²) >= 11 is 8.16. The molecule has 4 aliphatic rings. The largest absolute Gasteiger partial charge is 0.586 e. The molecule has 0 bridgehead atoms. The topological polar surface area (TPSA) is 310 Å². The number of carbonyl (C=O) groups excluding carboxylic acids is 3. The molecule has 26 nitrogen and oxygen atoms in total. The Morgan fingerprint density at radius 1 is 0.853 bits per heavy atom. The molecule has 0 radical (unpaired) electrons. The number of rotatable bonds is 32. The minimum Gasteiger partial charge on any atom is -0.491 e. The van der Waals surface area contributed by atoms with Crippen LogP contribution in [0.25, 0.3) is 10.4 Å². The number of aromatic nitrogens is 5. The van der Waals surface area contributed by atoms with Crippen molar-refractivity contribution >= 4 is 73.8 Å². The Morgan fingerprint density at radius 2 is 1.55 bits per heavy atom. The number of halogens is 4. The van der Waals surface area contributed by atoms with Crippen molar-refractivity contribution < 1.29 is 79.0 Å². The third kappa shape index (κ3) is 18.4. The van der Waals surface area contributed by atoms with Crippen LogP contribution in [0.2, 0.25) is 5.02 Å². The molecule has 3 aromatic heterocycles. The molecule has 1 aliphatic carbocycles. The molecule has 2 saturated heterocycles. The molecule has 6 aromatic rings. The Labute approximate surface area is 556 Å². The Balaban J connectivity index is 0.667. The van der Waals surface area contributed by atoms with Gasteiger partial charge in [0.25, 0.3) is 5.91 Å². The number of amides is 3. The number of fused-ring (bicyclic) bond motifs is 1. The second kappa shape index (κ2) is 31.0. The van der Waals surface area contributed by atoms with Gasteiger partial charge in [0.05, 0.1) is 108 Å². The van der Waals surface area contributed by atoms with Crippen LogP contribution in [0.1, 0.15) is 68.6 Å². The quantitative estimate of drug-likeness (QED) is 0.0243. The van der Waals surface area contributed by atoms with E-state index in [-0.39, 0.29) is 154 Å². The molecule has 10 rings (SSSR count). The number of anilines is 4. The van der Waals surface area contributed by atoms with E-state index in [0.717, 1.165) is 22.4 Å². The molecule has 0 spiro atoms. The van der Waals surface area contributed by atoms with E-state index < -0.39 is 69.2 Å². The highest BCUT2D eigenvalue weighted by molar-refractivity contribution is 7.90. The van der Waals surface area contributed by atoms with E-state index in [0.29, 0.717) is 44.1 Å². The zero-order chi connectivity index (χ0) is 67.5. The van der Waals surface area contributed by atoms with Crippen molar-refractivity contribution in [2.24, 2.45) is 5.41 Å². The van der Waals surface area contributed by atoms with Crippen LogP contribution in [0.15, 0.2) is 83.3 Å². The summed E-state index contributed by atoms with van der Waals surface area (Å²) in [6.07, 6.45) is -2.23. The maximum absolute atomic E-state index is 14.7. The standard InChI is InChI=1S/C63H76ClF3N12O14S2/c1-38-53(94-37-71-38)39-11-12-40(35-70-55(81)47-33-41(80)36-79(47)56(82)54(61(2,3)4)74-57(83)62(65)15-16-62)49(32-39)90-30-28-88-26-24-86-22-23-87-25-27-89-29-31-91-60-76-58(75-59(77-60)78-20-18-68-19-21-78)73-46-34-42(95(5,84)85)13-14-45(46)72-50(51-44(64)9-7-17-69-51)43-8-6-10-48-52(43)93-63(66,67)92-48/h6-14,17,32,34,37,41,47,50,54,68,72,80H,15-16,18-31,33,35-36H2,1-5H3,(H,70,81)(H,74,83)(H,73,75,76,77)/t41-,47+,50+,54-/m1/s1. The number of benzene rings is 3. The SMILES string of the molecule is Cc1ncsc1-c1ccc(CNC(=O)[C@@H]2C[C@@H](O)CN2C(=O)[C@@H](NC(=O)C2(F)CC2)C(C)(C)C)c(OCCOCCOCCOCCOCCOc2nc(Nc3cc(S(C)(=O)=O)ccc3N[C@@H](c3cccc4c3OC(F)(F)O4)c3ncccc3Cl)nc(N3CCNCC3)n2)c1. The van der Waals surface area contributed by atoms with E-state index in [4.69, 9.17) is 54.5 Å². The molecule has 4 atom stereocenters. The van der Waals surface area contributed by atoms with Crippen molar-refractivity contribution in [1.29, 1.82) is 0 Å². The summed E-state index contributed by atoms with van der Waals surface area (Å²) in [5.74, 6) is -1.61. The molecule has 6 N–H and O–H groups in total. The summed E-state index contributed by atoms with van der Waals surface area (Å²) < 4.78 is 115. The summed E-state index contributed by atoms with van der Waals surface area (Å²) in [5, 5.41) is 26.1. The summed E-state index contributed by atoms with van der Waals surface area (Å²) in [4.78, 5) is 67.3. The highest BCUT2D eigenvalue weighted by Gasteiger charge is 2.53. The van der Waals surface area contributed by atoms with Crippen molar-refractivity contribution in [3.63, 3.8) is 0 Å². The van der Waals surface area contributed by atoms with Gasteiger partial charge < -0.3 is 79.4 Å². The Kier molecular flexibility index (Phi) is 22.8. The van der Waals surface area contributed by atoms with Gasteiger partial charge in [-0.3, -0.25) is 19.4 Å². The number of piperazine rings is 1. The summed E-state index contributed by atoms with van der Waals surface area (Å²) in [6.45, 7) is 11.7. The van der Waals surface area contributed by atoms with Crippen molar-refractivity contribution in [3.05, 3.63) is 106 Å². The number of ether oxygens (including phenoxy) is 8. The lowest BCUT2D eigenvalue weighted by Gasteiger charge is -2.35. The van der Waals surface area contributed by atoms with Gasteiger partial charge in [0, 0.05) is 69.3 Å². The molecule has 512 valence electrons. The number of para-hydroxylation sites is 1. The number of pyridine rings is 1. The fourth-order valence-corrected chi connectivity index (χ4v) is 12.3. The van der Waals surface area contributed by atoms with Gasteiger partial charge in [-0.1, -0.05) is 56.6 Å². The average molecular weight is 1380 g/mol. The van der Waals surface area contributed by atoms with Crippen molar-refractivity contribution in [3.8, 4) is 33.7 Å². The van der Waals surface area contributed by atoms with Crippen LogP contribution in [0.4, 0.5) is 36.4 Å². The number of aryl methyl sites for hydroxylation is 1. The molecule has 6 heterocycles. The van der Waals surface area contributed by atoms with Gasteiger partial charge in [0.15, 0.2) is 27.0 Å². The number of carbonyl (C=O) groups is 3. The van der Waals surface area contributed by atoms with Crippen LogP contribution in [-0.4, -0.2) is 196 Å². The molecule has 0 unspecified atom stereocenters. The fraction of sp³-hybridized carbons (Fsp3) is 0.492. The van der Waals surface area contributed by atoms with Crippen LogP contribution in [0, 0.1) is 12.3 Å². The maximum atomic E-state index is 14.7. The van der Waals surface area contributed by atoms with Crippen LogP contribution in [0.3, 0.4) is 0 Å². The number of alkyl halides is 3. The summed E-state index contributed by atoms with van der Waals surface area (Å²) in [7, 11) is -3.77. The van der Waals surface area contributed by atoms with E-state index >= 15 is 0 Å². The third-order valence-electron chi connectivity index (χ3n) is 15.7. The fourth-order valence-electron chi connectivity index (χ4n) is 10.6. The number of aliphatic hydroxyl groups is 1. The van der Waals surface area contributed by atoms with Gasteiger partial charge in [-0.2, -0.15) is 15.0 Å². The first-order valence-corrected chi connectivity index (χ1v) is 34.0. The minimum absolute atomic E-state index is 0.00587. The molecule has 3 fully saturated rings. The van der Waals surface area contributed by atoms with Crippen LogP contribution in [-0.2, 0) is 49.7 Å². The normalized spacial score (nSPS) is 17.8. The number of likely N-dealkylation sites (tertiary alicyclic amines) is 1. The first-order chi connectivity index (χ1) is 45.4. The van der Waals surface area contributed by atoms with Crippen molar-refractivity contribution in [2.75, 3.05) is 121 Å². The lowest BCUT2D eigenvalue weighted by Crippen LogP contribution is -2.59. The van der Waals surface area contributed by atoms with Crippen LogP contribution in [0.5, 0.6) is 23.3 Å². The van der Waals surface area contributed by atoms with Crippen LogP contribution < -0.4 is 50.4 Å². The van der Waals surface area contributed by atoms with Gasteiger partial charge in [-0.15, -0.1) is 20.1 Å². The van der Waals surface area contributed by atoms with E-state index in [1.807, 2.05) is 30.0 Å². The summed E-state index contributed by atoms with van der Waals surface area (Å²) in [6, 6.07) is 14.2. The molecular formula is C63H76ClF3N12O14S2. The van der Waals surface area contributed by atoms with E-state index in [2.05, 4.69) is 46.5 Å². The average Bonchev–Trinajstić information content (AvgIpc) is 1.74. The molecular weight excluding hydrogens is 1310 g/mol. The Bertz CT molecular complexity index is 3790. The van der Waals surface area contributed by atoms with Gasteiger partial charge >= 0.3 is 12.3 Å². The highest BCUT2D eigenvalue weighted by atomic mass is 35.5. The van der Waals surface area contributed by atoms with Crippen LogP contribution >= 0.6 is 22.9 Å². The lowest BCUT2D eigenvalue weighted by molar-refractivity contribution is -0.287. The van der Waals surface area contributed by atoms with E-state index in [9.17, 15) is 41.1 Å². The van der Waals surface area contributed by atoms with Gasteiger partial charge in [-0.05, 0) is 73.2 Å². The number of nitrogens with zero attached hydrogens (tertiary/aromatic N) is 7. The predicted octanol–water partition coefficient (Wildman–Crippen LogP) is 6.57. The number of sulfone groups is 1. The molecule has 3 amide bonds. The number of hydrogen-bond acceptors (Lipinski definition) is 24. The summed E-state index contributed by atoms with van der Waals surface area (Å²) in [5.41, 5.74) is 2.17. The monoisotopic (exact) mass is 1380 g/mol. The molecule has 32 heteroatoms. The Hall–Kier alpha value is -7.75. The first kappa shape index (κ1) is 70.1. The zero-order valence-electron chi connectivity index (χ0n) is 53.0. The smallest absolute Gasteiger partial charge is 0.491 e. The van der Waals surface area contributed by atoms with Crippen molar-refractivity contribution in [2.45, 2.75) is 94.6 Å². The predicted molar refractivity (Wildman–Crippen MR) is 344 cm³/mol. The number of aliphatic hydroxyl groups excluding tert-OH is 1. The first-order valence-electron chi connectivity index (χ1n) is 30.9. The van der Waals surface area contributed by atoms with Gasteiger partial charge in [0.2, 0.25) is 23.7 Å². The molecule has 95 heavy (non-hydrogen) atoms. The Morgan fingerprint density at radius 3 is 2.20 bits per heavy atom. The highest BCUT2D eigenvalue weighted by Crippen LogP contribution is 2.48. The minimum atomic E-state index is -3.94. The third-order valence-corrected chi connectivity index (χ3v) is 18.1. The molecule has 3 aliphatic heterocycles. The number of thiazole rings is 1. The maximum Gasteiger partial charge on any atom is 0.586 e. The lowest BCUT2D eigenvalue weighted by atomic mass is 9.85. The second-order valence-electron chi connectivity index (χ2n) is 24.0. The van der Waals surface area contributed by atoms with E-state index in [1.165, 1.54) is 52.8 Å². The van der Waals surface area contributed by atoms with E-state index in [1.54, 1.807) is 44.5 Å². The second-order valence-corrected chi connectivity index (χ2v) is 27.2. The number of nitrogens with one attached hydrogen (secondary N) is 5. The number of β-amino-alcohol motifs (C(OH)–C–C–N with tert-alkyl or cyclic N) is 1. The molecule has 1 saturated carbocycles. The molecule has 3 aromatic carbocycles. The number of hydrogen-bond donors (Lipinski definition) is 6. The van der Waals surface area contributed by atoms with Crippen molar-refractivity contribution in [1.82, 2.24) is 45.8 Å². The van der Waals surface area contributed by atoms with Gasteiger partial charge in [-0.25, -0.2) is 17.8 Å². The zero-order valence-corrected chi connectivity index (χ0v) is 55.4.